The molecule has 25 atom stereocenters. The number of hydrogen-bond donors (Lipinski definition) is 14. The summed E-state index contributed by atoms with van der Waals surface area (Å²) in [5.74, 6) is -0.713. The second-order valence-electron chi connectivity index (χ2n) is 14.6. The van der Waals surface area contributed by atoms with Gasteiger partial charge in [0, 0.05) is 6.92 Å². The minimum atomic E-state index is -2.00. The van der Waals surface area contributed by atoms with E-state index in [4.69, 9.17) is 42.6 Å². The van der Waals surface area contributed by atoms with E-state index < -0.39 is 173 Å². The van der Waals surface area contributed by atoms with Crippen LogP contribution < -0.4 is 5.32 Å². The van der Waals surface area contributed by atoms with E-state index in [1.165, 1.54) is 20.8 Å². The maximum atomic E-state index is 12.1. The number of nitrogens with one attached hydrogen (secondary N) is 1. The lowest BCUT2D eigenvalue weighted by molar-refractivity contribution is -0.409. The summed E-state index contributed by atoms with van der Waals surface area (Å²) < 4.78 is 52.3. The molecule has 5 aliphatic heterocycles. The molecule has 0 aromatic carbocycles. The van der Waals surface area contributed by atoms with E-state index in [0.29, 0.717) is 0 Å². The molecule has 0 aromatic heterocycles. The fourth-order valence-electron chi connectivity index (χ4n) is 7.21. The fraction of sp³-hybridized carbons (Fsp3) is 0.969. The summed E-state index contributed by atoms with van der Waals surface area (Å²) in [7, 11) is 0. The summed E-state index contributed by atoms with van der Waals surface area (Å²) in [6, 6.07) is -1.54. The molecule has 56 heavy (non-hydrogen) atoms. The van der Waals surface area contributed by atoms with Crippen molar-refractivity contribution in [3.8, 4) is 0 Å². The zero-order valence-electron chi connectivity index (χ0n) is 30.7. The molecule has 0 aromatic rings. The highest BCUT2D eigenvalue weighted by Gasteiger charge is 2.57. The first-order valence-corrected chi connectivity index (χ1v) is 18.2. The molecule has 5 fully saturated rings. The van der Waals surface area contributed by atoms with Crippen LogP contribution >= 0.6 is 0 Å². The van der Waals surface area contributed by atoms with Gasteiger partial charge in [-0.15, -0.1) is 0 Å². The molecule has 5 rings (SSSR count). The van der Waals surface area contributed by atoms with E-state index in [0.717, 1.165) is 6.92 Å². The lowest BCUT2D eigenvalue weighted by Crippen LogP contribution is -2.69. The van der Waals surface area contributed by atoms with Crippen LogP contribution in [0.3, 0.4) is 0 Å². The highest BCUT2D eigenvalue weighted by Crippen LogP contribution is 2.37. The Labute approximate surface area is 319 Å². The van der Waals surface area contributed by atoms with E-state index >= 15 is 0 Å². The lowest BCUT2D eigenvalue weighted by atomic mass is 9.95. The van der Waals surface area contributed by atoms with E-state index in [2.05, 4.69) is 5.32 Å². The predicted molar refractivity (Wildman–Crippen MR) is 174 cm³/mol. The average Bonchev–Trinajstić information content (AvgIpc) is 3.15. The topological polar surface area (TPSA) is 375 Å². The summed E-state index contributed by atoms with van der Waals surface area (Å²) in [5, 5.41) is 141. The Morgan fingerprint density at radius 2 is 0.929 bits per heavy atom. The van der Waals surface area contributed by atoms with Crippen LogP contribution in [0, 0.1) is 0 Å². The Hall–Kier alpha value is -1.41. The van der Waals surface area contributed by atoms with Crippen molar-refractivity contribution in [1.29, 1.82) is 0 Å². The Morgan fingerprint density at radius 1 is 0.464 bits per heavy atom. The van der Waals surface area contributed by atoms with Crippen molar-refractivity contribution in [2.24, 2.45) is 0 Å². The average molecular weight is 822 g/mol. The highest BCUT2D eigenvalue weighted by molar-refractivity contribution is 5.73. The van der Waals surface area contributed by atoms with Crippen LogP contribution in [0.25, 0.3) is 0 Å². The van der Waals surface area contributed by atoms with Crippen molar-refractivity contribution in [3.05, 3.63) is 0 Å². The maximum absolute atomic E-state index is 12.1. The largest absolute Gasteiger partial charge is 0.394 e. The number of hydrogen-bond acceptors (Lipinski definition) is 23. The van der Waals surface area contributed by atoms with E-state index in [9.17, 15) is 71.2 Å². The van der Waals surface area contributed by atoms with Crippen molar-refractivity contribution >= 4 is 5.91 Å². The molecular weight excluding hydrogens is 766 g/mol. The van der Waals surface area contributed by atoms with Gasteiger partial charge >= 0.3 is 0 Å². The van der Waals surface area contributed by atoms with Gasteiger partial charge in [-0.3, -0.25) is 4.79 Å². The maximum Gasteiger partial charge on any atom is 0.217 e. The first kappa shape index (κ1) is 45.7. The van der Waals surface area contributed by atoms with Crippen LogP contribution in [0.4, 0.5) is 0 Å². The number of aliphatic hydroxyl groups is 13. The number of rotatable bonds is 11. The zero-order chi connectivity index (χ0) is 41.5. The number of aliphatic hydroxyl groups excluding tert-OH is 13. The predicted octanol–water partition coefficient (Wildman–Crippen LogP) is -8.70. The first-order chi connectivity index (χ1) is 26.3. The van der Waals surface area contributed by atoms with Gasteiger partial charge in [-0.25, -0.2) is 0 Å². The number of ether oxygens (including phenoxy) is 9. The summed E-state index contributed by atoms with van der Waals surface area (Å²) in [5.41, 5.74) is 0. The molecule has 0 bridgehead atoms. The molecule has 0 radical (unpaired) electrons. The zero-order valence-corrected chi connectivity index (χ0v) is 30.7. The molecular formula is C32H55NO23. The molecule has 326 valence electrons. The molecule has 1 amide bonds. The third kappa shape index (κ3) is 9.31. The van der Waals surface area contributed by atoms with Gasteiger partial charge in [0.1, 0.15) is 104 Å². The Bertz CT molecular complexity index is 1260. The minimum Gasteiger partial charge on any atom is -0.394 e. The number of amides is 1. The van der Waals surface area contributed by atoms with Crippen LogP contribution in [-0.4, -0.2) is 239 Å². The Kier molecular flexibility index (Phi) is 15.4. The normalized spacial score (nSPS) is 53.1. The van der Waals surface area contributed by atoms with Gasteiger partial charge in [-0.2, -0.15) is 0 Å². The Balaban J connectivity index is 1.52. The van der Waals surface area contributed by atoms with E-state index in [-0.39, 0.29) is 0 Å². The number of carbonyl (C=O) groups excluding carboxylic acids is 1. The Morgan fingerprint density at radius 3 is 1.52 bits per heavy atom. The van der Waals surface area contributed by atoms with Crippen LogP contribution in [0.1, 0.15) is 27.7 Å². The van der Waals surface area contributed by atoms with Crippen molar-refractivity contribution in [2.45, 2.75) is 181 Å². The van der Waals surface area contributed by atoms with Gasteiger partial charge < -0.3 is 114 Å². The molecule has 5 heterocycles. The second-order valence-corrected chi connectivity index (χ2v) is 14.6. The molecule has 0 spiro atoms. The van der Waals surface area contributed by atoms with E-state index in [1.807, 2.05) is 0 Å². The van der Waals surface area contributed by atoms with Gasteiger partial charge in [0.25, 0.3) is 0 Å². The van der Waals surface area contributed by atoms with Crippen molar-refractivity contribution in [3.63, 3.8) is 0 Å². The standard InChI is InChI=1S/C32H55NO23/c1-7-14(37)21(44)26(55-29-13(33-10(4)36)19(42)17(40)11(5-34)51-29)31(49-7)56-27-25(54-30-22(45)20(43)18(41)12(6-35)52-30)16(39)9(3)50-32(27)53-24-15(38)8(2)48-28(47)23(24)46/h7-9,11-32,34-35,37-47H,5-6H2,1-4H3,(H,33,36)/t7-,8-,9-,11+,12+,13+,14-,15-,16-,17+,18+,19+,20-,21+,22+,23+,24+,25+,26+,27+,28+,29-,30+,31-,32-/m0/s1. The minimum absolute atomic E-state index is 0.713. The van der Waals surface area contributed by atoms with Gasteiger partial charge in [0.05, 0.1) is 31.5 Å². The van der Waals surface area contributed by atoms with Gasteiger partial charge in [-0.1, -0.05) is 0 Å². The molecule has 0 aliphatic carbocycles. The second kappa shape index (κ2) is 18.9. The molecule has 5 aliphatic rings. The molecule has 0 unspecified atom stereocenters. The van der Waals surface area contributed by atoms with Crippen molar-refractivity contribution < 1.29 is 114 Å². The summed E-state index contributed by atoms with van der Waals surface area (Å²) in [6.45, 7) is 3.45. The van der Waals surface area contributed by atoms with E-state index in [1.54, 1.807) is 0 Å². The van der Waals surface area contributed by atoms with Crippen molar-refractivity contribution in [2.75, 3.05) is 13.2 Å². The first-order valence-electron chi connectivity index (χ1n) is 18.2. The smallest absolute Gasteiger partial charge is 0.217 e. The van der Waals surface area contributed by atoms with Crippen LogP contribution in [0.2, 0.25) is 0 Å². The van der Waals surface area contributed by atoms with Gasteiger partial charge in [0.15, 0.2) is 31.5 Å². The molecule has 24 nitrogen and oxygen atoms in total. The van der Waals surface area contributed by atoms with Crippen LogP contribution in [0.5, 0.6) is 0 Å². The van der Waals surface area contributed by atoms with Crippen molar-refractivity contribution in [1.82, 2.24) is 5.32 Å². The monoisotopic (exact) mass is 821 g/mol. The van der Waals surface area contributed by atoms with Gasteiger partial charge in [0.2, 0.25) is 5.91 Å². The third-order valence-electron chi connectivity index (χ3n) is 10.6. The molecule has 0 saturated carbocycles. The highest BCUT2D eigenvalue weighted by atomic mass is 16.8. The SMILES string of the molecule is CC(=O)N[C@H]1[C@H](O[C@H]2[C@H](O[C@H]3[C@H](O[C@@H]4[C@@H](O)[C@H](C)O[C@@H](O)[C@@H]4O)O[C@@H](C)[C@H](O)[C@H]3O[C@H]3O[C@H](CO)[C@@H](O)[C@H](O)[C@H]3O)O[C@@H](C)[C@H](O)[C@H]2O)O[C@H](CO)[C@@H](O)[C@@H]1O. The van der Waals surface area contributed by atoms with Crippen LogP contribution in [-0.2, 0) is 47.4 Å². The van der Waals surface area contributed by atoms with Crippen LogP contribution in [0.15, 0.2) is 0 Å². The quantitative estimate of drug-likeness (QED) is 0.0920. The summed E-state index contributed by atoms with van der Waals surface area (Å²) in [6.07, 6.45) is -41.1. The third-order valence-corrected chi connectivity index (χ3v) is 10.6. The molecule has 5 saturated heterocycles. The lowest BCUT2D eigenvalue weighted by Gasteiger charge is -2.51. The molecule has 24 heteroatoms. The summed E-state index contributed by atoms with van der Waals surface area (Å²) in [4.78, 5) is 12.1. The fourth-order valence-corrected chi connectivity index (χ4v) is 7.21. The number of carbonyl (C=O) groups is 1. The summed E-state index contributed by atoms with van der Waals surface area (Å²) >= 11 is 0. The molecule has 14 N–H and O–H groups in total. The van der Waals surface area contributed by atoms with Gasteiger partial charge in [-0.05, 0) is 20.8 Å².